The molecule has 92 heavy (non-hydrogen) atoms. The number of amides is 4. The molecule has 0 radical (unpaired) electrons. The molecule has 25 nitrogen and oxygen atoms in total. The molecule has 32 heteroatoms. The number of aliphatic carboxylic acids is 1. The van der Waals surface area contributed by atoms with Crippen LogP contribution in [0.4, 0.5) is 31.9 Å². The first-order valence-electron chi connectivity index (χ1n) is 28.3. The number of hydrogen-bond acceptors (Lipinski definition) is 18. The van der Waals surface area contributed by atoms with E-state index in [0.29, 0.717) is 35.9 Å². The number of nitro groups is 1. The minimum absolute atomic E-state index is 0.00962. The van der Waals surface area contributed by atoms with Crippen molar-refractivity contribution in [2.24, 2.45) is 5.92 Å². The second kappa shape index (κ2) is 35.4. The Kier molecular flexibility index (Phi) is 29.8. The number of nitro benzene ring substituents is 1. The first kappa shape index (κ1) is 77.5. The summed E-state index contributed by atoms with van der Waals surface area (Å²) in [5.74, 6) is -5.83. The second-order valence-electron chi connectivity index (χ2n) is 21.3. The van der Waals surface area contributed by atoms with Crippen molar-refractivity contribution in [1.29, 1.82) is 0 Å². The Labute approximate surface area is 550 Å². The number of ketones is 3. The van der Waals surface area contributed by atoms with Gasteiger partial charge in [-0.05, 0) is 120 Å². The van der Waals surface area contributed by atoms with Gasteiger partial charge in [0.1, 0.15) is 35.7 Å². The number of nitrogens with zero attached hydrogens (tertiary/aromatic N) is 4. The number of methoxy groups -OCH3 is 1. The molecule has 4 aromatic carbocycles. The highest BCUT2D eigenvalue weighted by molar-refractivity contribution is 7.90. The quantitative estimate of drug-likeness (QED) is 0.0137. The van der Waals surface area contributed by atoms with Gasteiger partial charge in [-0.15, -0.1) is 11.6 Å². The van der Waals surface area contributed by atoms with Crippen molar-refractivity contribution in [3.05, 3.63) is 122 Å². The summed E-state index contributed by atoms with van der Waals surface area (Å²) in [4.78, 5) is 123. The van der Waals surface area contributed by atoms with Gasteiger partial charge in [-0.2, -0.15) is 0 Å². The van der Waals surface area contributed by atoms with Crippen LogP contribution in [0.15, 0.2) is 89.0 Å². The van der Waals surface area contributed by atoms with Gasteiger partial charge in [-0.25, -0.2) is 22.5 Å². The van der Waals surface area contributed by atoms with Gasteiger partial charge in [-0.3, -0.25) is 53.6 Å². The topological polar surface area (TPSA) is 350 Å². The molecule has 2 atom stereocenters. The number of alkyl halides is 3. The monoisotopic (exact) mass is 1400 g/mol. The fourth-order valence-electron chi connectivity index (χ4n) is 9.68. The number of halogens is 5. The van der Waals surface area contributed by atoms with Gasteiger partial charge in [0.2, 0.25) is 5.91 Å². The molecule has 4 aliphatic rings. The maximum atomic E-state index is 14.3. The van der Waals surface area contributed by atoms with Gasteiger partial charge in [0.15, 0.2) is 37.8 Å². The summed E-state index contributed by atoms with van der Waals surface area (Å²) < 4.78 is 68.8. The predicted molar refractivity (Wildman–Crippen MR) is 342 cm³/mol. The first-order chi connectivity index (χ1) is 43.1. The number of rotatable bonds is 18. The lowest BCUT2D eigenvalue weighted by atomic mass is 9.81. The maximum absolute atomic E-state index is 14.3. The zero-order chi connectivity index (χ0) is 69.1. The van der Waals surface area contributed by atoms with Gasteiger partial charge in [0.05, 0.1) is 75.1 Å². The third-order valence-electron chi connectivity index (χ3n) is 13.9. The van der Waals surface area contributed by atoms with Crippen molar-refractivity contribution in [1.82, 2.24) is 5.32 Å². The number of anilines is 3. The van der Waals surface area contributed by atoms with E-state index in [1.807, 2.05) is 57.2 Å². The van der Waals surface area contributed by atoms with Crippen molar-refractivity contribution in [3.63, 3.8) is 0 Å². The fraction of sp³-hybridized carbons (Fsp3) is 0.433. The van der Waals surface area contributed by atoms with Crippen LogP contribution in [-0.2, 0) is 59.1 Å². The molecule has 0 spiro atoms. The minimum atomic E-state index is -4.10. The number of aryl methyl sites for hydroxylation is 2. The van der Waals surface area contributed by atoms with E-state index in [9.17, 15) is 65.8 Å². The van der Waals surface area contributed by atoms with Crippen LogP contribution in [-0.4, -0.2) is 144 Å². The largest absolute Gasteiger partial charge is 0.489 e. The fourth-order valence-corrected chi connectivity index (χ4v) is 11.3. The van der Waals surface area contributed by atoms with Crippen LogP contribution in [0.3, 0.4) is 0 Å². The van der Waals surface area contributed by atoms with Crippen LogP contribution in [0, 0.1) is 28.8 Å². The number of ether oxygens (including phenoxy) is 4. The number of fused-ring (bicyclic) bond motifs is 1. The minimum Gasteiger partial charge on any atom is -0.489 e. The van der Waals surface area contributed by atoms with E-state index in [-0.39, 0.29) is 75.8 Å². The van der Waals surface area contributed by atoms with E-state index in [0.717, 1.165) is 85.1 Å². The third-order valence-corrected chi connectivity index (χ3v) is 16.6. The van der Waals surface area contributed by atoms with E-state index < -0.39 is 98.3 Å². The van der Waals surface area contributed by atoms with E-state index in [1.54, 1.807) is 30.8 Å². The number of hydrogen-bond donors (Lipinski definition) is 4. The molecule has 2 aliphatic heterocycles. The molecular formula is C60H71Cl4FN5O20PS. The third kappa shape index (κ3) is 21.6. The average molecular weight is 1410 g/mol. The standard InChI is InChI=1S/C17H17ClFNO4.C15H22ClNO2.C14H13NO7S.C11H11Cl2NO2.C3H8NO5P/c1-9(2)15-16(21)20(17(22)24-15)13-8-14(11(18)7-12(13)19)23-10-5-3-4-6-10;1-5-13-8-6-7-11(2)15(13)17(14(18)9-16)12(3)10-19-4;1-23(21,22)8-5-6-9(10(7-8)15(19)20)14(18)13-11(16)3-2-4-12(13)17;1-7-6-16-9-5-3-2-4-8(9)14(7)11(15)10(12)13;5-3(6)1-4-2-10(7,8)9/h7-8,10H,3-6H2,1-2H3;6-8,12H,5,9-10H2,1-4H3;5-7,13H,2-4H2,1H3;2-5,7,10H,6H2,1H3;4H,1-2H2,(H,5,6)(H2,7,8,9). The van der Waals surface area contributed by atoms with E-state index in [1.165, 1.54) is 6.07 Å². The number of sulfone groups is 1. The Morgan fingerprint density at radius 1 is 0.957 bits per heavy atom. The molecule has 2 unspecified atom stereocenters. The maximum Gasteiger partial charge on any atom is 0.427 e. The lowest BCUT2D eigenvalue weighted by molar-refractivity contribution is -0.385. The number of nitrogens with one attached hydrogen (secondary N) is 1. The smallest absolute Gasteiger partial charge is 0.427 e. The van der Waals surface area contributed by atoms with Crippen molar-refractivity contribution in [3.8, 4) is 11.5 Å². The number of imide groups is 1. The van der Waals surface area contributed by atoms with E-state index >= 15 is 0 Å². The molecule has 2 heterocycles. The first-order valence-corrected chi connectivity index (χ1v) is 33.8. The highest BCUT2D eigenvalue weighted by atomic mass is 35.5. The number of carboxylic acid groups (broad SMARTS) is 1. The number of carboxylic acids is 1. The number of cyclic esters (lactones) is 1. The molecule has 8 rings (SSSR count). The van der Waals surface area contributed by atoms with Crippen LogP contribution < -0.4 is 29.5 Å². The van der Waals surface area contributed by atoms with E-state index in [2.05, 4.69) is 18.3 Å². The Bertz CT molecular complexity index is 3590. The van der Waals surface area contributed by atoms with Crippen LogP contribution in [0.25, 0.3) is 0 Å². The number of carbonyl (C=O) groups is 8. The van der Waals surface area contributed by atoms with Gasteiger partial charge in [-0.1, -0.05) is 72.1 Å². The van der Waals surface area contributed by atoms with Crippen LogP contribution in [0.2, 0.25) is 5.02 Å². The molecule has 1 saturated heterocycles. The number of allylic oxidation sites excluding steroid dienone is 1. The lowest BCUT2D eigenvalue weighted by Crippen LogP contribution is -2.47. The summed E-state index contributed by atoms with van der Waals surface area (Å²) in [6, 6.07) is 18.4. The Hall–Kier alpha value is -6.91. The van der Waals surface area contributed by atoms with Gasteiger partial charge >= 0.3 is 25.6 Å². The summed E-state index contributed by atoms with van der Waals surface area (Å²) in [5, 5.41) is 21.3. The summed E-state index contributed by atoms with van der Waals surface area (Å²) >= 11 is 23.1. The zero-order valence-electron chi connectivity index (χ0n) is 51.3. The molecule has 0 aromatic heterocycles. The van der Waals surface area contributed by atoms with Crippen molar-refractivity contribution in [2.75, 3.05) is 60.0 Å². The molecule has 502 valence electrons. The van der Waals surface area contributed by atoms with Crippen LogP contribution >= 0.6 is 54.0 Å². The second-order valence-corrected chi connectivity index (χ2v) is 26.7. The van der Waals surface area contributed by atoms with Crippen LogP contribution in [0.5, 0.6) is 11.5 Å². The average Bonchev–Trinajstić information content (AvgIpc) is 1.41. The molecule has 2 saturated carbocycles. The molecule has 4 amide bonds. The van der Waals surface area contributed by atoms with Crippen molar-refractivity contribution >= 4 is 134 Å². The zero-order valence-corrected chi connectivity index (χ0v) is 56.1. The number of Topliss-reactive ketones (excluding diaryl/α,β-unsaturated/α-hetero) is 3. The highest BCUT2D eigenvalue weighted by Crippen LogP contribution is 2.39. The molecule has 4 aromatic rings. The van der Waals surface area contributed by atoms with Gasteiger partial charge in [0.25, 0.3) is 11.6 Å². The number of para-hydroxylation sites is 3. The molecule has 0 bridgehead atoms. The summed E-state index contributed by atoms with van der Waals surface area (Å²) in [6.07, 6.45) is 4.65. The van der Waals surface area contributed by atoms with Gasteiger partial charge in [0, 0.05) is 38.3 Å². The SMILES string of the molecule is CC(C)=C1OC(=O)N(c2cc(OC3CCCC3)c(Cl)cc2F)C1=O.CC1COc2ccccc2N1C(=O)C(Cl)Cl.CCc1cccc(C)c1N(C(=O)CCl)C(C)COC.CS(=O)(=O)c1ccc(C(=O)C2C(=O)CCCC2=O)c([N+](=O)[O-])c1.O=C(O)CNCP(=O)(O)O. The molecule has 4 N–H and O–H groups in total. The number of carbonyl (C=O) groups excluding carboxylic acids is 7. The summed E-state index contributed by atoms with van der Waals surface area (Å²) in [6.45, 7) is 11.7. The van der Waals surface area contributed by atoms with Gasteiger partial charge < -0.3 is 43.6 Å². The van der Waals surface area contributed by atoms with E-state index in [4.69, 9.17) is 80.2 Å². The highest BCUT2D eigenvalue weighted by Gasteiger charge is 2.42. The lowest BCUT2D eigenvalue weighted by Gasteiger charge is -2.35. The van der Waals surface area contributed by atoms with Crippen LogP contribution in [0.1, 0.15) is 101 Å². The molecule has 2 aliphatic carbocycles. The Morgan fingerprint density at radius 2 is 1.59 bits per heavy atom. The summed E-state index contributed by atoms with van der Waals surface area (Å²) in [5.41, 5.74) is 3.08. The normalized spacial score (nSPS) is 16.0. The molecular weight excluding hydrogens is 1330 g/mol. The Morgan fingerprint density at radius 3 is 2.12 bits per heavy atom. The van der Waals surface area contributed by atoms with Crippen molar-refractivity contribution < 1.29 is 94.5 Å². The predicted octanol–water partition coefficient (Wildman–Crippen LogP) is 10.3. The summed E-state index contributed by atoms with van der Waals surface area (Å²) in [7, 11) is -6.16. The van der Waals surface area contributed by atoms with Crippen molar-refractivity contribution in [2.45, 2.75) is 121 Å². The Balaban J connectivity index is 0.000000252. The number of benzene rings is 4. The molecule has 3 fully saturated rings.